The second kappa shape index (κ2) is 5.43. The fraction of sp³-hybridized carbons (Fsp3) is 0.889. The van der Waals surface area contributed by atoms with E-state index in [2.05, 4.69) is 4.74 Å². The van der Waals surface area contributed by atoms with Crippen molar-refractivity contribution in [3.05, 3.63) is 0 Å². The van der Waals surface area contributed by atoms with Crippen molar-refractivity contribution in [2.45, 2.75) is 24.9 Å². The minimum atomic E-state index is -5.69. The topological polar surface area (TPSA) is 55.6 Å². The summed E-state index contributed by atoms with van der Waals surface area (Å²) in [5.74, 6) is -0.00669. The lowest BCUT2D eigenvalue weighted by molar-refractivity contribution is -0.309. The number of ether oxygens (including phenoxy) is 1. The van der Waals surface area contributed by atoms with E-state index >= 15 is 0 Å². The summed E-state index contributed by atoms with van der Waals surface area (Å²) in [6.45, 7) is 0.443. The molecule has 0 aromatic carbocycles. The summed E-state index contributed by atoms with van der Waals surface area (Å²) in [5, 5.41) is 0. The van der Waals surface area contributed by atoms with Crippen LogP contribution in [0.15, 0.2) is 0 Å². The number of alkyl halides is 6. The van der Waals surface area contributed by atoms with E-state index in [-0.39, 0.29) is 19.0 Å². The van der Waals surface area contributed by atoms with E-state index in [4.69, 9.17) is 5.73 Å². The molecule has 112 valence electrons. The Hall–Kier alpha value is -1.19. The summed E-state index contributed by atoms with van der Waals surface area (Å²) in [4.78, 5) is 11.9. The van der Waals surface area contributed by atoms with Crippen molar-refractivity contribution in [2.75, 3.05) is 19.6 Å². The van der Waals surface area contributed by atoms with Crippen LogP contribution in [0.4, 0.5) is 31.1 Å². The molecule has 19 heavy (non-hydrogen) atoms. The van der Waals surface area contributed by atoms with Crippen LogP contribution >= 0.6 is 0 Å². The van der Waals surface area contributed by atoms with Gasteiger partial charge in [-0.05, 0) is 18.9 Å². The van der Waals surface area contributed by atoms with E-state index in [0.717, 1.165) is 4.90 Å². The van der Waals surface area contributed by atoms with Crippen LogP contribution in [0.25, 0.3) is 0 Å². The van der Waals surface area contributed by atoms with Crippen LogP contribution in [0.5, 0.6) is 0 Å². The van der Waals surface area contributed by atoms with Gasteiger partial charge in [0, 0.05) is 13.1 Å². The second-order valence-corrected chi connectivity index (χ2v) is 4.20. The van der Waals surface area contributed by atoms with Gasteiger partial charge in [0.05, 0.1) is 0 Å². The zero-order chi connectivity index (χ0) is 14.8. The van der Waals surface area contributed by atoms with Gasteiger partial charge in [0.2, 0.25) is 0 Å². The van der Waals surface area contributed by atoms with Crippen molar-refractivity contribution >= 4 is 6.09 Å². The van der Waals surface area contributed by atoms with Crippen LogP contribution in [-0.2, 0) is 4.74 Å². The van der Waals surface area contributed by atoms with Crippen molar-refractivity contribution in [1.82, 2.24) is 4.90 Å². The van der Waals surface area contributed by atoms with Gasteiger partial charge in [-0.25, -0.2) is 4.79 Å². The van der Waals surface area contributed by atoms with Crippen molar-refractivity contribution in [1.29, 1.82) is 0 Å². The molecule has 1 rings (SSSR count). The second-order valence-electron chi connectivity index (χ2n) is 4.20. The highest BCUT2D eigenvalue weighted by atomic mass is 19.4. The number of nitrogens with zero attached hydrogens (tertiary/aromatic N) is 1. The highest BCUT2D eigenvalue weighted by Gasteiger charge is 2.60. The van der Waals surface area contributed by atoms with E-state index in [9.17, 15) is 31.1 Å². The Morgan fingerprint density at radius 2 is 1.68 bits per heavy atom. The van der Waals surface area contributed by atoms with Crippen LogP contribution in [0, 0.1) is 5.92 Å². The minimum absolute atomic E-state index is 0.00669. The fourth-order valence-electron chi connectivity index (χ4n) is 1.63. The zero-order valence-corrected chi connectivity index (χ0v) is 9.59. The molecular weight excluding hydrogens is 282 g/mol. The smallest absolute Gasteiger partial charge is 0.426 e. The molecule has 1 fully saturated rings. The normalized spacial score (nSPS) is 17.6. The number of carbonyl (C=O) groups is 1. The van der Waals surface area contributed by atoms with E-state index in [1.165, 1.54) is 0 Å². The maximum Gasteiger partial charge on any atom is 0.434 e. The summed E-state index contributed by atoms with van der Waals surface area (Å²) in [5.41, 5.74) is 5.22. The maximum atomic E-state index is 12.1. The highest BCUT2D eigenvalue weighted by molar-refractivity contribution is 5.69. The quantitative estimate of drug-likeness (QED) is 0.809. The van der Waals surface area contributed by atoms with E-state index in [1.54, 1.807) is 0 Å². The number of halogens is 6. The molecule has 0 aromatic heterocycles. The summed E-state index contributed by atoms with van der Waals surface area (Å²) < 4.78 is 76.3. The third kappa shape index (κ3) is 4.15. The molecule has 0 aromatic rings. The molecule has 0 bridgehead atoms. The molecule has 0 saturated carbocycles. The van der Waals surface area contributed by atoms with Gasteiger partial charge in [-0.1, -0.05) is 0 Å². The van der Waals surface area contributed by atoms with Crippen molar-refractivity contribution in [3.8, 4) is 0 Å². The molecular formula is C9H12F6N2O2. The Balaban J connectivity index is 2.55. The van der Waals surface area contributed by atoms with Gasteiger partial charge in [-0.15, -0.1) is 0 Å². The number of hydrogen-bond acceptors (Lipinski definition) is 3. The van der Waals surface area contributed by atoms with Gasteiger partial charge in [-0.2, -0.15) is 26.3 Å². The zero-order valence-electron chi connectivity index (χ0n) is 9.59. The first-order chi connectivity index (χ1) is 8.55. The van der Waals surface area contributed by atoms with E-state index in [1.807, 2.05) is 0 Å². The Morgan fingerprint density at radius 1 is 1.21 bits per heavy atom. The molecule has 1 aliphatic rings. The molecule has 1 amide bonds. The standard InChI is InChI=1S/C9H12F6N2O2/c10-8(11,12)6(9(13,14)15)19-7(18)17-3-5(4-17)1-2-16/h5-6H,1-4,16H2. The largest absolute Gasteiger partial charge is 0.434 e. The van der Waals surface area contributed by atoms with E-state index in [0.29, 0.717) is 13.0 Å². The minimum Gasteiger partial charge on any atom is -0.426 e. The van der Waals surface area contributed by atoms with E-state index < -0.39 is 24.5 Å². The number of hydrogen-bond donors (Lipinski definition) is 1. The predicted octanol–water partition coefficient (Wildman–Crippen LogP) is 1.90. The van der Waals surface area contributed by atoms with Crippen LogP contribution in [0.2, 0.25) is 0 Å². The van der Waals surface area contributed by atoms with Crippen LogP contribution in [0.3, 0.4) is 0 Å². The van der Waals surface area contributed by atoms with Crippen molar-refractivity contribution < 1.29 is 35.9 Å². The third-order valence-electron chi connectivity index (χ3n) is 2.60. The molecule has 0 spiro atoms. The monoisotopic (exact) mass is 294 g/mol. The number of likely N-dealkylation sites (tertiary alicyclic amines) is 1. The van der Waals surface area contributed by atoms with Gasteiger partial charge in [-0.3, -0.25) is 0 Å². The lowest BCUT2D eigenvalue weighted by atomic mass is 9.97. The van der Waals surface area contributed by atoms with Crippen LogP contribution in [0.1, 0.15) is 6.42 Å². The number of amides is 1. The van der Waals surface area contributed by atoms with Gasteiger partial charge in [0.1, 0.15) is 0 Å². The average Bonchev–Trinajstić information content (AvgIpc) is 2.15. The Bertz CT molecular complexity index is 310. The van der Waals surface area contributed by atoms with Crippen LogP contribution < -0.4 is 5.73 Å². The number of rotatable bonds is 3. The SMILES string of the molecule is NCCC1CN(C(=O)OC(C(F)(F)F)C(F)(F)F)C1. The molecule has 4 nitrogen and oxygen atoms in total. The Morgan fingerprint density at radius 3 is 2.05 bits per heavy atom. The summed E-state index contributed by atoms with van der Waals surface area (Å²) in [6, 6.07) is 0. The van der Waals surface area contributed by atoms with Gasteiger partial charge in [0.25, 0.3) is 6.10 Å². The lowest BCUT2D eigenvalue weighted by Crippen LogP contribution is -2.54. The van der Waals surface area contributed by atoms with Gasteiger partial charge >= 0.3 is 18.4 Å². The number of nitrogens with two attached hydrogens (primary N) is 1. The molecule has 2 N–H and O–H groups in total. The fourth-order valence-corrected chi connectivity index (χ4v) is 1.63. The first-order valence-corrected chi connectivity index (χ1v) is 5.34. The summed E-state index contributed by atoms with van der Waals surface area (Å²) >= 11 is 0. The van der Waals surface area contributed by atoms with Crippen molar-refractivity contribution in [3.63, 3.8) is 0 Å². The maximum absolute atomic E-state index is 12.1. The predicted molar refractivity (Wildman–Crippen MR) is 51.1 cm³/mol. The molecule has 0 atom stereocenters. The molecule has 0 aliphatic carbocycles. The molecule has 10 heteroatoms. The first kappa shape index (κ1) is 15.9. The first-order valence-electron chi connectivity index (χ1n) is 5.34. The van der Waals surface area contributed by atoms with Gasteiger partial charge in [0.15, 0.2) is 0 Å². The van der Waals surface area contributed by atoms with Gasteiger partial charge < -0.3 is 15.4 Å². The Kier molecular flexibility index (Phi) is 4.54. The number of carbonyl (C=O) groups excluding carboxylic acids is 1. The molecule has 0 radical (unpaired) electrons. The summed E-state index contributed by atoms with van der Waals surface area (Å²) in [7, 11) is 0. The summed E-state index contributed by atoms with van der Waals surface area (Å²) in [6.07, 6.45) is -16.5. The lowest BCUT2D eigenvalue weighted by Gasteiger charge is -2.39. The van der Waals surface area contributed by atoms with Crippen LogP contribution in [-0.4, -0.2) is 49.1 Å². The Labute approximate surface area is 104 Å². The highest BCUT2D eigenvalue weighted by Crippen LogP contribution is 2.36. The molecule has 1 saturated heterocycles. The van der Waals surface area contributed by atoms with Crippen molar-refractivity contribution in [2.24, 2.45) is 11.7 Å². The molecule has 1 heterocycles. The molecule has 1 aliphatic heterocycles. The molecule has 0 unspecified atom stereocenters. The third-order valence-corrected chi connectivity index (χ3v) is 2.60. The average molecular weight is 294 g/mol.